The van der Waals surface area contributed by atoms with Gasteiger partial charge < -0.3 is 15.0 Å². The molecule has 1 fully saturated rings. The predicted molar refractivity (Wildman–Crippen MR) is 152 cm³/mol. The average Bonchev–Trinajstić information content (AvgIpc) is 3.40. The Kier molecular flexibility index (Phi) is 9.77. The molecule has 2 amide bonds. The Morgan fingerprint density at radius 2 is 1.84 bits per heavy atom. The highest BCUT2D eigenvalue weighted by atomic mass is 16.6. The summed E-state index contributed by atoms with van der Waals surface area (Å²) in [5, 5.41) is 3.34. The van der Waals surface area contributed by atoms with E-state index >= 15 is 0 Å². The second-order valence-corrected chi connectivity index (χ2v) is 10.6. The van der Waals surface area contributed by atoms with Crippen molar-refractivity contribution in [2.24, 2.45) is 0 Å². The molecule has 6 nitrogen and oxygen atoms in total. The van der Waals surface area contributed by atoms with Crippen LogP contribution in [0.5, 0.6) is 0 Å². The highest BCUT2D eigenvalue weighted by Crippen LogP contribution is 2.29. The minimum absolute atomic E-state index is 0.0128. The summed E-state index contributed by atoms with van der Waals surface area (Å²) in [6.45, 7) is 7.92. The summed E-state index contributed by atoms with van der Waals surface area (Å²) in [5.74, 6) is 0.0128. The van der Waals surface area contributed by atoms with Crippen LogP contribution in [0.1, 0.15) is 50.7 Å². The van der Waals surface area contributed by atoms with Crippen molar-refractivity contribution in [3.05, 3.63) is 95.6 Å². The molecule has 0 saturated carbocycles. The number of nitrogens with zero attached hydrogens (tertiary/aromatic N) is 2. The Bertz CT molecular complexity index is 1120. The fourth-order valence-electron chi connectivity index (χ4n) is 5.23. The lowest BCUT2D eigenvalue weighted by atomic mass is 9.78. The first-order valence-electron chi connectivity index (χ1n) is 13.9. The molecule has 2 atom stereocenters. The third kappa shape index (κ3) is 7.35. The molecule has 1 aliphatic carbocycles. The Balaban J connectivity index is 1.37. The minimum atomic E-state index is -0.765. The van der Waals surface area contributed by atoms with Crippen molar-refractivity contribution in [3.8, 4) is 0 Å². The number of allylic oxidation sites excluding steroid dienone is 3. The summed E-state index contributed by atoms with van der Waals surface area (Å²) in [4.78, 5) is 30.8. The number of hydrogen-bond donors (Lipinski definition) is 1. The molecule has 1 heterocycles. The zero-order chi connectivity index (χ0) is 26.8. The van der Waals surface area contributed by atoms with E-state index < -0.39 is 5.41 Å². The number of amides is 2. The van der Waals surface area contributed by atoms with Gasteiger partial charge >= 0.3 is 6.09 Å². The first kappa shape index (κ1) is 27.6. The van der Waals surface area contributed by atoms with Crippen LogP contribution in [0.4, 0.5) is 4.79 Å². The maximum atomic E-state index is 13.8. The van der Waals surface area contributed by atoms with Crippen LogP contribution in [-0.2, 0) is 21.5 Å². The number of benzene rings is 2. The average molecular weight is 516 g/mol. The van der Waals surface area contributed by atoms with Gasteiger partial charge in [-0.1, -0.05) is 78.9 Å². The molecule has 1 aliphatic heterocycles. The van der Waals surface area contributed by atoms with Gasteiger partial charge in [-0.2, -0.15) is 0 Å². The van der Waals surface area contributed by atoms with Gasteiger partial charge in [0.1, 0.15) is 6.61 Å². The number of hydrogen-bond acceptors (Lipinski definition) is 4. The molecule has 0 aromatic heterocycles. The van der Waals surface area contributed by atoms with Crippen molar-refractivity contribution in [3.63, 3.8) is 0 Å². The van der Waals surface area contributed by atoms with Crippen LogP contribution in [0, 0.1) is 0 Å². The SMILES string of the molecule is CCN(CCC(C)(C(=O)NC1CCN(Cc2ccccc2)C1)c1ccccc1)C(=O)OCC1=CC=CCC1. The van der Waals surface area contributed by atoms with E-state index in [9.17, 15) is 9.59 Å². The van der Waals surface area contributed by atoms with Crippen LogP contribution in [0.2, 0.25) is 0 Å². The van der Waals surface area contributed by atoms with E-state index in [1.807, 2.05) is 62.4 Å². The summed E-state index contributed by atoms with van der Waals surface area (Å²) in [7, 11) is 0. The van der Waals surface area contributed by atoms with Crippen molar-refractivity contribution in [1.29, 1.82) is 0 Å². The van der Waals surface area contributed by atoms with Gasteiger partial charge in [0.05, 0.1) is 5.41 Å². The number of likely N-dealkylation sites (tertiary alicyclic amines) is 1. The molecule has 1 saturated heterocycles. The van der Waals surface area contributed by atoms with Gasteiger partial charge in [0.2, 0.25) is 5.91 Å². The van der Waals surface area contributed by atoms with Crippen molar-refractivity contribution in [1.82, 2.24) is 15.1 Å². The minimum Gasteiger partial charge on any atom is -0.445 e. The van der Waals surface area contributed by atoms with E-state index in [2.05, 4.69) is 40.6 Å². The van der Waals surface area contributed by atoms with Crippen LogP contribution < -0.4 is 5.32 Å². The van der Waals surface area contributed by atoms with E-state index in [1.54, 1.807) is 4.90 Å². The topological polar surface area (TPSA) is 61.9 Å². The molecular formula is C32H41N3O3. The lowest BCUT2D eigenvalue weighted by molar-refractivity contribution is -0.127. The van der Waals surface area contributed by atoms with Gasteiger partial charge in [0, 0.05) is 38.8 Å². The van der Waals surface area contributed by atoms with Crippen molar-refractivity contribution in [2.75, 3.05) is 32.8 Å². The lowest BCUT2D eigenvalue weighted by Crippen LogP contribution is -2.49. The van der Waals surface area contributed by atoms with Gasteiger partial charge in [-0.05, 0) is 56.2 Å². The van der Waals surface area contributed by atoms with Crippen LogP contribution >= 0.6 is 0 Å². The summed E-state index contributed by atoms with van der Waals surface area (Å²) in [6.07, 6.45) is 9.17. The lowest BCUT2D eigenvalue weighted by Gasteiger charge is -2.33. The zero-order valence-electron chi connectivity index (χ0n) is 22.8. The second-order valence-electron chi connectivity index (χ2n) is 10.6. The van der Waals surface area contributed by atoms with Crippen LogP contribution in [0.25, 0.3) is 0 Å². The summed E-state index contributed by atoms with van der Waals surface area (Å²) in [6, 6.07) is 20.5. The van der Waals surface area contributed by atoms with Gasteiger partial charge in [-0.15, -0.1) is 0 Å². The monoisotopic (exact) mass is 515 g/mol. The van der Waals surface area contributed by atoms with E-state index in [1.165, 1.54) is 5.56 Å². The summed E-state index contributed by atoms with van der Waals surface area (Å²) in [5.41, 5.74) is 2.61. The number of carbonyl (C=O) groups excluding carboxylic acids is 2. The Morgan fingerprint density at radius 1 is 1.11 bits per heavy atom. The summed E-state index contributed by atoms with van der Waals surface area (Å²) < 4.78 is 5.61. The molecule has 202 valence electrons. The van der Waals surface area contributed by atoms with E-state index in [0.29, 0.717) is 26.1 Å². The van der Waals surface area contributed by atoms with Crippen LogP contribution in [0.3, 0.4) is 0 Å². The second kappa shape index (κ2) is 13.4. The molecule has 0 spiro atoms. The zero-order valence-corrected chi connectivity index (χ0v) is 22.8. The van der Waals surface area contributed by atoms with Gasteiger partial charge in [-0.3, -0.25) is 9.69 Å². The molecule has 1 N–H and O–H groups in total. The van der Waals surface area contributed by atoms with E-state index in [4.69, 9.17) is 4.74 Å². The third-order valence-corrected chi connectivity index (χ3v) is 7.77. The largest absolute Gasteiger partial charge is 0.445 e. The van der Waals surface area contributed by atoms with Crippen molar-refractivity contribution >= 4 is 12.0 Å². The normalized spacial score (nSPS) is 18.9. The van der Waals surface area contributed by atoms with Crippen LogP contribution in [-0.4, -0.2) is 60.6 Å². The molecule has 4 rings (SSSR count). The van der Waals surface area contributed by atoms with Gasteiger partial charge in [0.15, 0.2) is 0 Å². The molecule has 2 unspecified atom stereocenters. The van der Waals surface area contributed by atoms with Gasteiger partial charge in [-0.25, -0.2) is 4.79 Å². The molecule has 0 radical (unpaired) electrons. The fraction of sp³-hybridized carbons (Fsp3) is 0.438. The first-order chi connectivity index (χ1) is 18.5. The number of carbonyl (C=O) groups is 2. The number of ether oxygens (including phenoxy) is 1. The maximum absolute atomic E-state index is 13.8. The Morgan fingerprint density at radius 3 is 2.53 bits per heavy atom. The van der Waals surface area contributed by atoms with E-state index in [0.717, 1.165) is 50.0 Å². The molecule has 2 aromatic rings. The Labute approximate surface area is 227 Å². The molecule has 0 bridgehead atoms. The summed E-state index contributed by atoms with van der Waals surface area (Å²) >= 11 is 0. The maximum Gasteiger partial charge on any atom is 0.410 e. The number of rotatable bonds is 11. The highest BCUT2D eigenvalue weighted by molar-refractivity contribution is 5.88. The van der Waals surface area contributed by atoms with Crippen molar-refractivity contribution in [2.45, 2.75) is 57.5 Å². The van der Waals surface area contributed by atoms with Gasteiger partial charge in [0.25, 0.3) is 0 Å². The fourth-order valence-corrected chi connectivity index (χ4v) is 5.23. The molecule has 6 heteroatoms. The van der Waals surface area contributed by atoms with E-state index in [-0.39, 0.29) is 18.0 Å². The molecule has 2 aliphatic rings. The third-order valence-electron chi connectivity index (χ3n) is 7.77. The van der Waals surface area contributed by atoms with Crippen molar-refractivity contribution < 1.29 is 14.3 Å². The Hall–Kier alpha value is -3.38. The highest BCUT2D eigenvalue weighted by Gasteiger charge is 2.38. The standard InChI is InChI=1S/C32H41N3O3/c1-3-35(31(37)38-25-27-15-9-5-10-16-27)22-20-32(2,28-17-11-6-12-18-28)30(36)33-29-19-21-34(24-29)23-26-13-7-4-8-14-26/h4-9,11-15,17-18,29H,3,10,16,19-25H2,1-2H3,(H,33,36). The predicted octanol–water partition coefficient (Wildman–Crippen LogP) is 5.46. The quantitative estimate of drug-likeness (QED) is 0.432. The van der Waals surface area contributed by atoms with Crippen LogP contribution in [0.15, 0.2) is 84.5 Å². The molecule has 38 heavy (non-hydrogen) atoms. The molecular weight excluding hydrogens is 474 g/mol. The smallest absolute Gasteiger partial charge is 0.410 e. The molecule has 2 aromatic carbocycles. The number of nitrogens with one attached hydrogen (secondary N) is 1. The first-order valence-corrected chi connectivity index (χ1v) is 13.9.